The Morgan fingerprint density at radius 3 is 2.41 bits per heavy atom. The van der Waals surface area contributed by atoms with E-state index in [-0.39, 0.29) is 11.7 Å². The minimum atomic E-state index is -0.566. The molecule has 3 aromatic rings. The van der Waals surface area contributed by atoms with Crippen LogP contribution in [0.2, 0.25) is 5.02 Å². The van der Waals surface area contributed by atoms with Crippen molar-refractivity contribution >= 4 is 17.7 Å². The Bertz CT molecular complexity index is 1310. The van der Waals surface area contributed by atoms with Crippen molar-refractivity contribution in [1.29, 1.82) is 0 Å². The number of pyridine rings is 1. The van der Waals surface area contributed by atoms with E-state index in [9.17, 15) is 9.59 Å². The van der Waals surface area contributed by atoms with Crippen LogP contribution >= 0.6 is 11.6 Å². The van der Waals surface area contributed by atoms with Crippen molar-refractivity contribution in [3.05, 3.63) is 80.7 Å². The number of amides is 1. The molecule has 0 N–H and O–H groups in total. The number of benzene rings is 2. The number of hydrogen-bond acceptors (Lipinski definition) is 4. The van der Waals surface area contributed by atoms with Gasteiger partial charge in [0.1, 0.15) is 11.4 Å². The van der Waals surface area contributed by atoms with Crippen molar-refractivity contribution in [1.82, 2.24) is 9.47 Å². The van der Waals surface area contributed by atoms with Gasteiger partial charge in [0.2, 0.25) is 0 Å². The van der Waals surface area contributed by atoms with Crippen LogP contribution in [0.25, 0.3) is 16.8 Å². The van der Waals surface area contributed by atoms with E-state index in [1.807, 2.05) is 64.1 Å². The first-order valence-corrected chi connectivity index (χ1v) is 11.6. The van der Waals surface area contributed by atoms with Crippen LogP contribution in [0.1, 0.15) is 37.6 Å². The Hall–Kier alpha value is -3.25. The maximum Gasteiger partial charge on any atom is 0.410 e. The molecule has 1 aliphatic heterocycles. The number of halogens is 1. The molecule has 0 saturated carbocycles. The van der Waals surface area contributed by atoms with E-state index in [0.29, 0.717) is 36.0 Å². The zero-order chi connectivity index (χ0) is 24.6. The molecule has 7 heteroatoms. The van der Waals surface area contributed by atoms with Gasteiger partial charge in [0.25, 0.3) is 5.56 Å². The monoisotopic (exact) mass is 480 g/mol. The summed E-state index contributed by atoms with van der Waals surface area (Å²) in [5.74, 6) is 0.597. The van der Waals surface area contributed by atoms with Crippen molar-refractivity contribution in [2.45, 2.75) is 46.3 Å². The van der Waals surface area contributed by atoms with Gasteiger partial charge in [-0.2, -0.15) is 0 Å². The van der Waals surface area contributed by atoms with Crippen LogP contribution in [0.4, 0.5) is 4.79 Å². The summed E-state index contributed by atoms with van der Waals surface area (Å²) in [5, 5.41) is 0.709. The molecule has 0 atom stereocenters. The van der Waals surface area contributed by atoms with E-state index < -0.39 is 5.60 Å². The molecular formula is C27H29ClN2O4. The van der Waals surface area contributed by atoms with Crippen molar-refractivity contribution in [3.8, 4) is 22.6 Å². The standard InChI is InChI=1S/C27H29ClN2O4/c1-17-14-18(6-9-21(17)28)19-7-10-24(33-5)23(15-19)30-22-12-13-29(26(32)34-27(2,3)4)16-20(22)8-11-25(30)31/h6-11,14-15H,12-13,16H2,1-5H3. The fourth-order valence-corrected chi connectivity index (χ4v) is 4.29. The van der Waals surface area contributed by atoms with E-state index in [0.717, 1.165) is 27.9 Å². The summed E-state index contributed by atoms with van der Waals surface area (Å²) in [6, 6.07) is 15.0. The number of fused-ring (bicyclic) bond motifs is 1. The molecule has 0 fully saturated rings. The molecule has 1 aromatic heterocycles. The fourth-order valence-electron chi connectivity index (χ4n) is 4.18. The summed E-state index contributed by atoms with van der Waals surface area (Å²) < 4.78 is 12.9. The SMILES string of the molecule is COc1ccc(-c2ccc(Cl)c(C)c2)cc1-n1c2c(ccc1=O)CN(C(=O)OC(C)(C)C)CC2. The number of aryl methyl sites for hydroxylation is 1. The first-order chi connectivity index (χ1) is 16.1. The van der Waals surface area contributed by atoms with Gasteiger partial charge in [0.05, 0.1) is 19.3 Å². The number of aromatic nitrogens is 1. The van der Waals surface area contributed by atoms with Gasteiger partial charge in [-0.15, -0.1) is 0 Å². The van der Waals surface area contributed by atoms with Gasteiger partial charge in [0.15, 0.2) is 0 Å². The summed E-state index contributed by atoms with van der Waals surface area (Å²) in [6.07, 6.45) is 0.173. The lowest BCUT2D eigenvalue weighted by atomic mass is 10.0. The van der Waals surface area contributed by atoms with Crippen LogP contribution in [0, 0.1) is 6.92 Å². The lowest BCUT2D eigenvalue weighted by molar-refractivity contribution is 0.0222. The van der Waals surface area contributed by atoms with Crippen LogP contribution in [-0.2, 0) is 17.7 Å². The average molecular weight is 481 g/mol. The van der Waals surface area contributed by atoms with Gasteiger partial charge in [-0.25, -0.2) is 4.79 Å². The lowest BCUT2D eigenvalue weighted by Crippen LogP contribution is -2.41. The number of carbonyl (C=O) groups excluding carboxylic acids is 1. The van der Waals surface area contributed by atoms with Gasteiger partial charge in [-0.3, -0.25) is 9.36 Å². The quantitative estimate of drug-likeness (QED) is 0.477. The number of ether oxygens (including phenoxy) is 2. The van der Waals surface area contributed by atoms with Gasteiger partial charge >= 0.3 is 6.09 Å². The van der Waals surface area contributed by atoms with Gasteiger partial charge in [-0.05, 0) is 80.3 Å². The molecule has 2 aromatic carbocycles. The summed E-state index contributed by atoms with van der Waals surface area (Å²) in [7, 11) is 1.59. The van der Waals surface area contributed by atoms with Crippen molar-refractivity contribution in [2.75, 3.05) is 13.7 Å². The largest absolute Gasteiger partial charge is 0.495 e. The molecule has 178 valence electrons. The van der Waals surface area contributed by atoms with E-state index in [2.05, 4.69) is 0 Å². The van der Waals surface area contributed by atoms with Crippen molar-refractivity contribution in [2.24, 2.45) is 0 Å². The molecule has 1 aliphatic rings. The zero-order valence-electron chi connectivity index (χ0n) is 20.1. The molecule has 0 saturated heterocycles. The Morgan fingerprint density at radius 1 is 1.03 bits per heavy atom. The predicted octanol–water partition coefficient (Wildman–Crippen LogP) is 5.77. The number of rotatable bonds is 3. The van der Waals surface area contributed by atoms with Crippen LogP contribution in [0.15, 0.2) is 53.3 Å². The number of nitrogens with zero attached hydrogens (tertiary/aromatic N) is 2. The van der Waals surface area contributed by atoms with Crippen molar-refractivity contribution < 1.29 is 14.3 Å². The minimum Gasteiger partial charge on any atom is -0.495 e. The third-order valence-electron chi connectivity index (χ3n) is 5.83. The van der Waals surface area contributed by atoms with Crippen LogP contribution in [-0.4, -0.2) is 34.8 Å². The Balaban J connectivity index is 1.77. The van der Waals surface area contributed by atoms with Gasteiger partial charge in [0, 0.05) is 29.7 Å². The Kier molecular flexibility index (Phi) is 6.45. The molecule has 0 bridgehead atoms. The fraction of sp³-hybridized carbons (Fsp3) is 0.333. The zero-order valence-corrected chi connectivity index (χ0v) is 20.9. The molecule has 4 rings (SSSR count). The third-order valence-corrected chi connectivity index (χ3v) is 6.25. The third kappa shape index (κ3) is 4.82. The topological polar surface area (TPSA) is 60.8 Å². The van der Waals surface area contributed by atoms with E-state index >= 15 is 0 Å². The second kappa shape index (κ2) is 9.18. The maximum atomic E-state index is 13.1. The molecule has 0 spiro atoms. The number of methoxy groups -OCH3 is 1. The smallest absolute Gasteiger partial charge is 0.410 e. The minimum absolute atomic E-state index is 0.146. The highest BCUT2D eigenvalue weighted by molar-refractivity contribution is 6.31. The molecule has 34 heavy (non-hydrogen) atoms. The first kappa shape index (κ1) is 23.9. The molecule has 0 radical (unpaired) electrons. The Morgan fingerprint density at radius 2 is 1.74 bits per heavy atom. The molecular weight excluding hydrogens is 452 g/mol. The van der Waals surface area contributed by atoms with Crippen LogP contribution in [0.5, 0.6) is 5.75 Å². The normalized spacial score (nSPS) is 13.4. The van der Waals surface area contributed by atoms with Crippen LogP contribution < -0.4 is 10.3 Å². The molecule has 6 nitrogen and oxygen atoms in total. The Labute approximate surface area is 204 Å². The molecule has 2 heterocycles. The second-order valence-electron chi connectivity index (χ2n) is 9.48. The van der Waals surface area contributed by atoms with Gasteiger partial charge in [-0.1, -0.05) is 23.7 Å². The van der Waals surface area contributed by atoms with E-state index in [4.69, 9.17) is 21.1 Å². The van der Waals surface area contributed by atoms with E-state index in [1.165, 1.54) is 6.07 Å². The molecule has 0 unspecified atom stereocenters. The first-order valence-electron chi connectivity index (χ1n) is 11.2. The van der Waals surface area contributed by atoms with Crippen LogP contribution in [0.3, 0.4) is 0 Å². The molecule has 1 amide bonds. The highest BCUT2D eigenvalue weighted by atomic mass is 35.5. The average Bonchev–Trinajstić information content (AvgIpc) is 2.79. The van der Waals surface area contributed by atoms with Gasteiger partial charge < -0.3 is 14.4 Å². The predicted molar refractivity (Wildman–Crippen MR) is 134 cm³/mol. The number of carbonyl (C=O) groups is 1. The highest BCUT2D eigenvalue weighted by Gasteiger charge is 2.28. The second-order valence-corrected chi connectivity index (χ2v) is 9.89. The number of hydrogen-bond donors (Lipinski definition) is 0. The molecule has 0 aliphatic carbocycles. The summed E-state index contributed by atoms with van der Waals surface area (Å²) >= 11 is 6.21. The van der Waals surface area contributed by atoms with Crippen molar-refractivity contribution in [3.63, 3.8) is 0 Å². The summed E-state index contributed by atoms with van der Waals surface area (Å²) in [5.41, 5.74) is 4.66. The lowest BCUT2D eigenvalue weighted by Gasteiger charge is -2.32. The van der Waals surface area contributed by atoms with E-state index in [1.54, 1.807) is 22.6 Å². The summed E-state index contributed by atoms with van der Waals surface area (Å²) in [6.45, 7) is 8.35. The maximum absolute atomic E-state index is 13.1. The highest BCUT2D eigenvalue weighted by Crippen LogP contribution is 2.32. The summed E-state index contributed by atoms with van der Waals surface area (Å²) in [4.78, 5) is 27.4.